The molecule has 2 aliphatic rings. The third kappa shape index (κ3) is 2.12. The molecule has 6 heteroatoms. The summed E-state index contributed by atoms with van der Waals surface area (Å²) in [6.45, 7) is 1.75. The van der Waals surface area contributed by atoms with Crippen LogP contribution in [0, 0.1) is 0 Å². The number of rotatable bonds is 1. The van der Waals surface area contributed by atoms with Gasteiger partial charge in [-0.2, -0.15) is 0 Å². The molecule has 0 bridgehead atoms. The number of hydrogen-bond donors (Lipinski definition) is 2. The van der Waals surface area contributed by atoms with Crippen LogP contribution in [0.5, 0.6) is 0 Å². The Morgan fingerprint density at radius 2 is 2.23 bits per heavy atom. The molecule has 0 aliphatic carbocycles. The summed E-state index contributed by atoms with van der Waals surface area (Å²) in [4.78, 5) is 4.20. The minimum absolute atomic E-state index is 0.0642. The summed E-state index contributed by atoms with van der Waals surface area (Å²) >= 11 is 0. The minimum atomic E-state index is -2.73. The molecule has 2 N–H and O–H groups in total. The highest BCUT2D eigenvalue weighted by Crippen LogP contribution is 2.09. The lowest BCUT2D eigenvalue weighted by atomic mass is 10.3. The Balaban J connectivity index is 1.83. The molecule has 1 fully saturated rings. The van der Waals surface area contributed by atoms with Crippen molar-refractivity contribution in [1.82, 2.24) is 10.6 Å². The highest BCUT2D eigenvalue weighted by molar-refractivity contribution is 7.92. The molecule has 0 saturated carbocycles. The molecule has 0 atom stereocenters. The van der Waals surface area contributed by atoms with E-state index >= 15 is 0 Å². The molecule has 0 aromatic rings. The molecule has 0 amide bonds. The van der Waals surface area contributed by atoms with Crippen LogP contribution in [0.25, 0.3) is 0 Å². The van der Waals surface area contributed by atoms with Gasteiger partial charge in [0.2, 0.25) is 0 Å². The SMILES string of the molecule is O=S1(=O)CC(NC2=NCCCN2)C1. The molecule has 5 nitrogen and oxygen atoms in total. The first-order valence-electron chi connectivity index (χ1n) is 4.41. The molecule has 2 heterocycles. The van der Waals surface area contributed by atoms with Gasteiger partial charge in [0, 0.05) is 13.1 Å². The van der Waals surface area contributed by atoms with E-state index in [0.717, 1.165) is 25.5 Å². The van der Waals surface area contributed by atoms with Crippen molar-refractivity contribution in [3.05, 3.63) is 0 Å². The van der Waals surface area contributed by atoms with Gasteiger partial charge in [0.05, 0.1) is 17.5 Å². The van der Waals surface area contributed by atoms with Gasteiger partial charge in [0.1, 0.15) is 0 Å². The van der Waals surface area contributed by atoms with Crippen LogP contribution in [0.15, 0.2) is 4.99 Å². The monoisotopic (exact) mass is 203 g/mol. The van der Waals surface area contributed by atoms with E-state index in [2.05, 4.69) is 15.6 Å². The number of nitrogens with zero attached hydrogens (tertiary/aromatic N) is 1. The average Bonchev–Trinajstić information content (AvgIpc) is 2.03. The number of nitrogens with one attached hydrogen (secondary N) is 2. The highest BCUT2D eigenvalue weighted by atomic mass is 32.2. The minimum Gasteiger partial charge on any atom is -0.356 e. The first-order chi connectivity index (χ1) is 6.16. The fraction of sp³-hybridized carbons (Fsp3) is 0.857. The van der Waals surface area contributed by atoms with E-state index in [1.807, 2.05) is 0 Å². The molecule has 13 heavy (non-hydrogen) atoms. The molecule has 0 spiro atoms. The lowest BCUT2D eigenvalue weighted by Gasteiger charge is -2.29. The quantitative estimate of drug-likeness (QED) is 0.557. The topological polar surface area (TPSA) is 70.6 Å². The number of hydrogen-bond acceptors (Lipinski definition) is 5. The van der Waals surface area contributed by atoms with Crippen molar-refractivity contribution in [3.63, 3.8) is 0 Å². The van der Waals surface area contributed by atoms with Gasteiger partial charge in [0.15, 0.2) is 15.8 Å². The van der Waals surface area contributed by atoms with Gasteiger partial charge in [-0.25, -0.2) is 8.42 Å². The second-order valence-electron chi connectivity index (χ2n) is 3.43. The maximum absolute atomic E-state index is 10.8. The largest absolute Gasteiger partial charge is 0.356 e. The van der Waals surface area contributed by atoms with Crippen molar-refractivity contribution in [2.24, 2.45) is 4.99 Å². The Morgan fingerprint density at radius 3 is 2.77 bits per heavy atom. The van der Waals surface area contributed by atoms with Crippen molar-refractivity contribution in [2.45, 2.75) is 12.5 Å². The van der Waals surface area contributed by atoms with Gasteiger partial charge in [-0.3, -0.25) is 4.99 Å². The normalized spacial score (nSPS) is 26.9. The van der Waals surface area contributed by atoms with E-state index in [9.17, 15) is 8.42 Å². The second kappa shape index (κ2) is 3.17. The van der Waals surface area contributed by atoms with Crippen LogP contribution in [0.2, 0.25) is 0 Å². The number of aliphatic imine (C=N–C) groups is 1. The van der Waals surface area contributed by atoms with Gasteiger partial charge in [-0.05, 0) is 6.42 Å². The molecule has 1 saturated heterocycles. The van der Waals surface area contributed by atoms with E-state index in [1.165, 1.54) is 0 Å². The Hall–Kier alpha value is -0.780. The second-order valence-corrected chi connectivity index (χ2v) is 5.58. The first-order valence-corrected chi connectivity index (χ1v) is 6.23. The summed E-state index contributed by atoms with van der Waals surface area (Å²) in [5.41, 5.74) is 0. The highest BCUT2D eigenvalue weighted by Gasteiger charge is 2.33. The fourth-order valence-electron chi connectivity index (χ4n) is 1.47. The predicted octanol–water partition coefficient (Wildman–Crippen LogP) is -1.28. The van der Waals surface area contributed by atoms with Crippen LogP contribution < -0.4 is 10.6 Å². The molecule has 74 valence electrons. The standard InChI is InChI=1S/C7H13N3O2S/c11-13(12)4-6(5-13)10-7-8-2-1-3-9-7/h6H,1-5H2,(H2,8,9,10). The van der Waals surface area contributed by atoms with Crippen molar-refractivity contribution in [3.8, 4) is 0 Å². The summed E-state index contributed by atoms with van der Waals surface area (Å²) < 4.78 is 21.7. The molecular weight excluding hydrogens is 190 g/mol. The van der Waals surface area contributed by atoms with E-state index in [0.29, 0.717) is 0 Å². The molecule has 0 aromatic carbocycles. The van der Waals surface area contributed by atoms with Gasteiger partial charge in [0.25, 0.3) is 0 Å². The zero-order chi connectivity index (χ0) is 9.31. The molecule has 0 radical (unpaired) electrons. The van der Waals surface area contributed by atoms with Crippen molar-refractivity contribution < 1.29 is 8.42 Å². The van der Waals surface area contributed by atoms with E-state index in [4.69, 9.17) is 0 Å². The predicted molar refractivity (Wildman–Crippen MR) is 50.5 cm³/mol. The Morgan fingerprint density at radius 1 is 1.46 bits per heavy atom. The van der Waals surface area contributed by atoms with Crippen LogP contribution in [-0.2, 0) is 9.84 Å². The summed E-state index contributed by atoms with van der Waals surface area (Å²) in [5.74, 6) is 1.24. The van der Waals surface area contributed by atoms with Crippen LogP contribution in [-0.4, -0.2) is 45.0 Å². The van der Waals surface area contributed by atoms with Crippen LogP contribution in [0.4, 0.5) is 0 Å². The lowest BCUT2D eigenvalue weighted by molar-refractivity contribution is 0.545. The average molecular weight is 203 g/mol. The van der Waals surface area contributed by atoms with Gasteiger partial charge in [-0.1, -0.05) is 0 Å². The third-order valence-electron chi connectivity index (χ3n) is 2.15. The van der Waals surface area contributed by atoms with Crippen molar-refractivity contribution in [1.29, 1.82) is 0 Å². The molecule has 0 unspecified atom stereocenters. The van der Waals surface area contributed by atoms with Gasteiger partial charge < -0.3 is 10.6 Å². The van der Waals surface area contributed by atoms with Crippen molar-refractivity contribution >= 4 is 15.8 Å². The summed E-state index contributed by atoms with van der Waals surface area (Å²) in [6, 6.07) is 0.0642. The summed E-state index contributed by atoms with van der Waals surface area (Å²) in [5, 5.41) is 6.16. The summed E-state index contributed by atoms with van der Waals surface area (Å²) in [6.07, 6.45) is 1.05. The van der Waals surface area contributed by atoms with E-state index in [-0.39, 0.29) is 17.5 Å². The Labute approximate surface area is 77.5 Å². The van der Waals surface area contributed by atoms with Crippen LogP contribution in [0.1, 0.15) is 6.42 Å². The number of sulfone groups is 1. The lowest BCUT2D eigenvalue weighted by Crippen LogP contribution is -2.56. The Bertz CT molecular complexity index is 311. The van der Waals surface area contributed by atoms with Gasteiger partial charge in [-0.15, -0.1) is 0 Å². The van der Waals surface area contributed by atoms with Gasteiger partial charge >= 0.3 is 0 Å². The van der Waals surface area contributed by atoms with Crippen LogP contribution in [0.3, 0.4) is 0 Å². The van der Waals surface area contributed by atoms with E-state index < -0.39 is 9.84 Å². The molecule has 2 aliphatic heterocycles. The Kier molecular flexibility index (Phi) is 2.15. The third-order valence-corrected chi connectivity index (χ3v) is 3.97. The summed E-state index contributed by atoms with van der Waals surface area (Å²) in [7, 11) is -2.73. The molecule has 2 rings (SSSR count). The maximum Gasteiger partial charge on any atom is 0.191 e. The van der Waals surface area contributed by atoms with E-state index in [1.54, 1.807) is 0 Å². The fourth-order valence-corrected chi connectivity index (χ4v) is 2.77. The number of guanidine groups is 1. The smallest absolute Gasteiger partial charge is 0.191 e. The first kappa shape index (κ1) is 8.80. The maximum atomic E-state index is 10.8. The zero-order valence-corrected chi connectivity index (χ0v) is 8.10. The zero-order valence-electron chi connectivity index (χ0n) is 7.28. The van der Waals surface area contributed by atoms with Crippen molar-refractivity contribution in [2.75, 3.05) is 24.6 Å². The molecule has 0 aromatic heterocycles. The van der Waals surface area contributed by atoms with Crippen LogP contribution >= 0.6 is 0 Å². The molecular formula is C7H13N3O2S.